The lowest BCUT2D eigenvalue weighted by Gasteiger charge is -2.57. The maximum absolute atomic E-state index is 14.4. The van der Waals surface area contributed by atoms with Crippen LogP contribution in [0, 0.1) is 34.5 Å². The van der Waals surface area contributed by atoms with Crippen molar-refractivity contribution in [2.24, 2.45) is 40.2 Å². The van der Waals surface area contributed by atoms with Crippen LogP contribution in [0.2, 0.25) is 0 Å². The molecule has 4 rings (SSSR count). The van der Waals surface area contributed by atoms with E-state index in [1.807, 2.05) is 12.2 Å². The molecule has 1 unspecified atom stereocenters. The molecule has 4 aliphatic carbocycles. The van der Waals surface area contributed by atoms with E-state index >= 15 is 0 Å². The number of hydrogen-bond acceptors (Lipinski definition) is 3. The van der Waals surface area contributed by atoms with E-state index in [-0.39, 0.29) is 28.6 Å². The van der Waals surface area contributed by atoms with Gasteiger partial charge in [0.05, 0.1) is 11.9 Å². The van der Waals surface area contributed by atoms with Gasteiger partial charge in [0.1, 0.15) is 6.17 Å². The molecular formula is C19H28FNO2. The van der Waals surface area contributed by atoms with Crippen LogP contribution in [-0.2, 0) is 0 Å². The molecule has 23 heavy (non-hydrogen) atoms. The fraction of sp³-hybridized carbons (Fsp3) is 0.789. The summed E-state index contributed by atoms with van der Waals surface area (Å²) in [6, 6.07) is -0.421. The third kappa shape index (κ3) is 1.94. The van der Waals surface area contributed by atoms with Crippen molar-refractivity contribution in [2.45, 2.75) is 57.8 Å². The molecule has 128 valence electrons. The molecule has 4 aliphatic rings. The van der Waals surface area contributed by atoms with Crippen LogP contribution >= 0.6 is 0 Å². The number of alkyl halides is 1. The highest BCUT2D eigenvalue weighted by Gasteiger charge is 2.62. The zero-order valence-electron chi connectivity index (χ0n) is 14.0. The number of fused-ring (bicyclic) bond motifs is 5. The normalized spacial score (nSPS) is 58.1. The molecule has 0 bridgehead atoms. The van der Waals surface area contributed by atoms with Crippen LogP contribution in [0.15, 0.2) is 24.0 Å². The number of aliphatic hydroxyl groups is 2. The molecule has 0 spiro atoms. The highest BCUT2D eigenvalue weighted by molar-refractivity contribution is 5.27. The van der Waals surface area contributed by atoms with Gasteiger partial charge in [0.15, 0.2) is 0 Å². The van der Waals surface area contributed by atoms with Gasteiger partial charge in [-0.1, -0.05) is 26.0 Å². The van der Waals surface area contributed by atoms with Crippen LogP contribution in [-0.4, -0.2) is 28.5 Å². The SMILES string of the molecule is C[C@]12CC[C@H]3[C@@H](C(O)=CC4C[C@H](O)C=C[C@@]43C)[C@@H]1C[C@@H](F)[C@@H]2N. The summed E-state index contributed by atoms with van der Waals surface area (Å²) in [5, 5.41) is 20.7. The van der Waals surface area contributed by atoms with Gasteiger partial charge in [-0.15, -0.1) is 0 Å². The Hall–Kier alpha value is -0.870. The van der Waals surface area contributed by atoms with Gasteiger partial charge in [-0.2, -0.15) is 0 Å². The lowest BCUT2D eigenvalue weighted by molar-refractivity contribution is -0.0469. The number of nitrogens with two attached hydrogens (primary N) is 1. The van der Waals surface area contributed by atoms with Gasteiger partial charge in [0.2, 0.25) is 0 Å². The van der Waals surface area contributed by atoms with Gasteiger partial charge in [0, 0.05) is 12.0 Å². The van der Waals surface area contributed by atoms with E-state index in [2.05, 4.69) is 19.9 Å². The fourth-order valence-corrected chi connectivity index (χ4v) is 6.26. The maximum atomic E-state index is 14.4. The van der Waals surface area contributed by atoms with Crippen LogP contribution < -0.4 is 5.73 Å². The summed E-state index contributed by atoms with van der Waals surface area (Å²) < 4.78 is 14.4. The molecule has 0 radical (unpaired) electrons. The first-order valence-corrected chi connectivity index (χ1v) is 8.95. The van der Waals surface area contributed by atoms with Gasteiger partial charge in [0.25, 0.3) is 0 Å². The lowest BCUT2D eigenvalue weighted by atomic mass is 9.48. The van der Waals surface area contributed by atoms with E-state index in [0.717, 1.165) is 12.8 Å². The summed E-state index contributed by atoms with van der Waals surface area (Å²) in [6.07, 6.45) is 7.60. The molecule has 4 heteroatoms. The van der Waals surface area contributed by atoms with Crippen molar-refractivity contribution in [2.75, 3.05) is 0 Å². The molecule has 2 fully saturated rings. The quantitative estimate of drug-likeness (QED) is 0.601. The highest BCUT2D eigenvalue weighted by atomic mass is 19.1. The van der Waals surface area contributed by atoms with Crippen molar-refractivity contribution in [3.8, 4) is 0 Å². The van der Waals surface area contributed by atoms with Gasteiger partial charge in [-0.05, 0) is 60.3 Å². The number of hydrogen-bond donors (Lipinski definition) is 3. The summed E-state index contributed by atoms with van der Waals surface area (Å²) in [6.45, 7) is 4.35. The third-order valence-electron chi connectivity index (χ3n) is 7.82. The average Bonchev–Trinajstić information content (AvgIpc) is 2.73. The average molecular weight is 321 g/mol. The predicted octanol–water partition coefficient (Wildman–Crippen LogP) is 3.10. The first kappa shape index (κ1) is 15.6. The molecular weight excluding hydrogens is 293 g/mol. The fourth-order valence-electron chi connectivity index (χ4n) is 6.26. The van der Waals surface area contributed by atoms with Gasteiger partial charge in [-0.25, -0.2) is 4.39 Å². The summed E-state index contributed by atoms with van der Waals surface area (Å²) in [4.78, 5) is 0. The second kappa shape index (κ2) is 4.82. The van der Waals surface area contributed by atoms with Crippen molar-refractivity contribution in [1.82, 2.24) is 0 Å². The minimum atomic E-state index is -0.967. The molecule has 0 aromatic rings. The van der Waals surface area contributed by atoms with E-state index in [9.17, 15) is 14.6 Å². The van der Waals surface area contributed by atoms with Gasteiger partial charge in [-0.3, -0.25) is 0 Å². The molecule has 9 atom stereocenters. The molecule has 0 aromatic carbocycles. The summed E-state index contributed by atoms with van der Waals surface area (Å²) in [5.41, 5.74) is 5.92. The second-order valence-electron chi connectivity index (χ2n) is 8.79. The molecule has 0 aromatic heterocycles. The van der Waals surface area contributed by atoms with E-state index in [4.69, 9.17) is 5.73 Å². The first-order valence-electron chi connectivity index (χ1n) is 8.95. The zero-order chi connectivity index (χ0) is 16.6. The Morgan fingerprint density at radius 3 is 2.74 bits per heavy atom. The molecule has 3 nitrogen and oxygen atoms in total. The predicted molar refractivity (Wildman–Crippen MR) is 87.4 cm³/mol. The largest absolute Gasteiger partial charge is 0.512 e. The number of allylic oxidation sites excluding steroid dienone is 3. The third-order valence-corrected chi connectivity index (χ3v) is 7.82. The Morgan fingerprint density at radius 1 is 1.26 bits per heavy atom. The highest BCUT2D eigenvalue weighted by Crippen LogP contribution is 2.64. The molecule has 4 N–H and O–H groups in total. The maximum Gasteiger partial charge on any atom is 0.116 e. The molecule has 0 amide bonds. The van der Waals surface area contributed by atoms with E-state index < -0.39 is 18.3 Å². The van der Waals surface area contributed by atoms with Crippen molar-refractivity contribution < 1.29 is 14.6 Å². The van der Waals surface area contributed by atoms with Crippen LogP contribution in [0.25, 0.3) is 0 Å². The topological polar surface area (TPSA) is 66.5 Å². The van der Waals surface area contributed by atoms with E-state index in [1.54, 1.807) is 0 Å². The molecule has 0 aliphatic heterocycles. The monoisotopic (exact) mass is 321 g/mol. The summed E-state index contributed by atoms with van der Waals surface area (Å²) in [7, 11) is 0. The van der Waals surface area contributed by atoms with Crippen molar-refractivity contribution in [1.29, 1.82) is 0 Å². The van der Waals surface area contributed by atoms with Crippen molar-refractivity contribution in [3.63, 3.8) is 0 Å². The van der Waals surface area contributed by atoms with E-state index in [1.165, 1.54) is 0 Å². The Balaban J connectivity index is 1.76. The van der Waals surface area contributed by atoms with Crippen molar-refractivity contribution >= 4 is 0 Å². The van der Waals surface area contributed by atoms with Crippen LogP contribution in [0.5, 0.6) is 0 Å². The van der Waals surface area contributed by atoms with Gasteiger partial charge < -0.3 is 15.9 Å². The minimum Gasteiger partial charge on any atom is -0.512 e. The Bertz CT molecular complexity index is 576. The molecule has 2 saturated carbocycles. The molecule has 0 saturated heterocycles. The summed E-state index contributed by atoms with van der Waals surface area (Å²) in [5.74, 6) is 0.987. The van der Waals surface area contributed by atoms with Crippen molar-refractivity contribution in [3.05, 3.63) is 24.0 Å². The van der Waals surface area contributed by atoms with E-state index in [0.29, 0.717) is 24.5 Å². The first-order chi connectivity index (χ1) is 10.8. The Kier molecular flexibility index (Phi) is 3.28. The van der Waals surface area contributed by atoms with Gasteiger partial charge >= 0.3 is 0 Å². The number of rotatable bonds is 0. The smallest absolute Gasteiger partial charge is 0.116 e. The molecule has 0 heterocycles. The summed E-state index contributed by atoms with van der Waals surface area (Å²) >= 11 is 0. The lowest BCUT2D eigenvalue weighted by Crippen LogP contribution is -2.54. The Morgan fingerprint density at radius 2 is 2.00 bits per heavy atom. The van der Waals surface area contributed by atoms with Crippen LogP contribution in [0.1, 0.15) is 39.5 Å². The zero-order valence-corrected chi connectivity index (χ0v) is 14.0. The minimum absolute atomic E-state index is 0.00157. The standard InChI is InChI=1S/C19H28FNO2/c1-18-5-3-11(22)7-10(18)8-15(23)16-12(18)4-6-19(2)13(16)9-14(20)17(19)21/h3,5,8,10-14,16-17,22-23H,4,6-7,9,21H2,1-2H3/t10?,11-,12+,13+,14-,16-,17+,18+,19+/m1/s1. The second-order valence-corrected chi connectivity index (χ2v) is 8.79. The van der Waals surface area contributed by atoms with Crippen LogP contribution in [0.3, 0.4) is 0 Å². The number of aliphatic hydroxyl groups excluding tert-OH is 2. The van der Waals surface area contributed by atoms with Crippen LogP contribution in [0.4, 0.5) is 4.39 Å². The number of halogens is 1. The Labute approximate surface area is 137 Å².